The van der Waals surface area contributed by atoms with Gasteiger partial charge in [-0.05, 0) is 80.1 Å². The summed E-state index contributed by atoms with van der Waals surface area (Å²) in [7, 11) is 0. The number of hydrogen-bond donors (Lipinski definition) is 1. The van der Waals surface area contributed by atoms with Crippen LogP contribution in [0.5, 0.6) is 0 Å². The van der Waals surface area contributed by atoms with Crippen LogP contribution in [0.4, 0.5) is 0 Å². The van der Waals surface area contributed by atoms with Crippen molar-refractivity contribution in [3.63, 3.8) is 0 Å². The Balaban J connectivity index is 0.000000948. The zero-order valence-corrected chi connectivity index (χ0v) is 17.2. The zero-order chi connectivity index (χ0) is 19.3. The van der Waals surface area contributed by atoms with E-state index in [9.17, 15) is 14.7 Å². The van der Waals surface area contributed by atoms with E-state index in [1.807, 2.05) is 19.9 Å². The van der Waals surface area contributed by atoms with E-state index in [0.29, 0.717) is 24.0 Å². The van der Waals surface area contributed by atoms with Crippen molar-refractivity contribution in [2.24, 2.45) is 34.5 Å². The first-order valence-electron chi connectivity index (χ1n) is 10.7. The molecule has 26 heavy (non-hydrogen) atoms. The van der Waals surface area contributed by atoms with Crippen LogP contribution in [0.2, 0.25) is 0 Å². The fourth-order valence-corrected chi connectivity index (χ4v) is 7.35. The van der Waals surface area contributed by atoms with Crippen molar-refractivity contribution in [3.8, 4) is 0 Å². The maximum Gasteiger partial charge on any atom is 0.155 e. The van der Waals surface area contributed by atoms with Crippen molar-refractivity contribution in [2.75, 3.05) is 0 Å². The predicted octanol–water partition coefficient (Wildman–Crippen LogP) is 4.72. The van der Waals surface area contributed by atoms with Crippen LogP contribution in [0.3, 0.4) is 0 Å². The van der Waals surface area contributed by atoms with Gasteiger partial charge in [0.25, 0.3) is 0 Å². The van der Waals surface area contributed by atoms with Crippen molar-refractivity contribution in [3.05, 3.63) is 11.6 Å². The zero-order valence-electron chi connectivity index (χ0n) is 17.2. The summed E-state index contributed by atoms with van der Waals surface area (Å²) in [4.78, 5) is 24.0. The molecule has 0 spiro atoms. The van der Waals surface area contributed by atoms with E-state index in [0.717, 1.165) is 38.5 Å². The number of carbonyl (C=O) groups excluding carboxylic acids is 2. The van der Waals surface area contributed by atoms with Gasteiger partial charge in [-0.2, -0.15) is 0 Å². The highest BCUT2D eigenvalue weighted by atomic mass is 16.3. The van der Waals surface area contributed by atoms with E-state index in [2.05, 4.69) is 13.8 Å². The van der Waals surface area contributed by atoms with Gasteiger partial charge in [0.1, 0.15) is 5.78 Å². The minimum absolute atomic E-state index is 0.0219. The van der Waals surface area contributed by atoms with Gasteiger partial charge in [0.15, 0.2) is 5.78 Å². The van der Waals surface area contributed by atoms with Crippen molar-refractivity contribution >= 4 is 11.6 Å². The fourth-order valence-electron chi connectivity index (χ4n) is 7.35. The molecule has 4 aliphatic rings. The summed E-state index contributed by atoms with van der Waals surface area (Å²) in [5, 5.41) is 11.2. The van der Waals surface area contributed by atoms with E-state index in [1.54, 1.807) is 6.92 Å². The summed E-state index contributed by atoms with van der Waals surface area (Å²) in [5.74, 6) is 1.99. The second-order valence-electron chi connectivity index (χ2n) is 9.41. The van der Waals surface area contributed by atoms with Crippen molar-refractivity contribution < 1.29 is 14.7 Å². The summed E-state index contributed by atoms with van der Waals surface area (Å²) in [6.45, 7) is 10.3. The molecule has 0 radical (unpaired) electrons. The molecule has 0 aromatic carbocycles. The van der Waals surface area contributed by atoms with Crippen LogP contribution in [0.25, 0.3) is 0 Å². The number of hydrogen-bond acceptors (Lipinski definition) is 3. The molecule has 1 N–H and O–H groups in total. The van der Waals surface area contributed by atoms with E-state index < -0.39 is 0 Å². The van der Waals surface area contributed by atoms with Crippen molar-refractivity contribution in [1.82, 2.24) is 0 Å². The lowest BCUT2D eigenvalue weighted by atomic mass is 9.46. The third-order valence-electron chi connectivity index (χ3n) is 8.38. The number of carbonyl (C=O) groups is 2. The quantitative estimate of drug-likeness (QED) is 0.736. The number of aliphatic hydroxyl groups is 1. The summed E-state index contributed by atoms with van der Waals surface area (Å²) in [6.07, 6.45) is 7.97. The topological polar surface area (TPSA) is 54.4 Å². The van der Waals surface area contributed by atoms with Gasteiger partial charge in [0, 0.05) is 12.3 Å². The van der Waals surface area contributed by atoms with Crippen LogP contribution < -0.4 is 0 Å². The third-order valence-corrected chi connectivity index (χ3v) is 8.38. The molecular weight excluding hydrogens is 324 g/mol. The molecule has 7 unspecified atom stereocenters. The third kappa shape index (κ3) is 2.73. The van der Waals surface area contributed by atoms with E-state index in [1.165, 1.54) is 5.57 Å². The van der Waals surface area contributed by atoms with E-state index >= 15 is 0 Å². The highest BCUT2D eigenvalue weighted by molar-refractivity contribution is 5.91. The van der Waals surface area contributed by atoms with Crippen LogP contribution in [-0.2, 0) is 9.59 Å². The SMILES string of the molecule is CC.CC(=O)C1CCC2C3CCC4=CC(=O)CCC4(C)C3C(O)CC12C. The molecule has 0 heterocycles. The highest BCUT2D eigenvalue weighted by Gasteiger charge is 2.62. The van der Waals surface area contributed by atoms with Crippen molar-refractivity contribution in [1.29, 1.82) is 0 Å². The normalized spacial score (nSPS) is 46.9. The van der Waals surface area contributed by atoms with Crippen LogP contribution in [0.1, 0.15) is 79.6 Å². The van der Waals surface area contributed by atoms with Gasteiger partial charge in [-0.25, -0.2) is 0 Å². The minimum Gasteiger partial charge on any atom is -0.393 e. The Hall–Kier alpha value is -0.960. The summed E-state index contributed by atoms with van der Waals surface area (Å²) in [5.41, 5.74) is 1.23. The Bertz CT molecular complexity index is 621. The molecule has 7 atom stereocenters. The van der Waals surface area contributed by atoms with Gasteiger partial charge in [0.05, 0.1) is 6.10 Å². The minimum atomic E-state index is -0.349. The molecule has 3 heteroatoms. The number of fused-ring (bicyclic) bond motifs is 5. The van der Waals surface area contributed by atoms with Gasteiger partial charge in [-0.1, -0.05) is 33.3 Å². The van der Waals surface area contributed by atoms with Gasteiger partial charge in [-0.3, -0.25) is 9.59 Å². The van der Waals surface area contributed by atoms with Gasteiger partial charge >= 0.3 is 0 Å². The van der Waals surface area contributed by atoms with Crippen LogP contribution in [0, 0.1) is 34.5 Å². The number of allylic oxidation sites excluding steroid dienone is 1. The lowest BCUT2D eigenvalue weighted by molar-refractivity contribution is -0.143. The predicted molar refractivity (Wildman–Crippen MR) is 104 cm³/mol. The summed E-state index contributed by atoms with van der Waals surface area (Å²) in [6, 6.07) is 0. The highest BCUT2D eigenvalue weighted by Crippen LogP contribution is 2.66. The molecule has 4 rings (SSSR count). The molecule has 0 saturated heterocycles. The number of ketones is 2. The lowest BCUT2D eigenvalue weighted by Gasteiger charge is -2.59. The average molecular weight is 361 g/mol. The summed E-state index contributed by atoms with van der Waals surface area (Å²) >= 11 is 0. The van der Waals surface area contributed by atoms with Gasteiger partial charge in [-0.15, -0.1) is 0 Å². The first kappa shape index (κ1) is 19.8. The van der Waals surface area contributed by atoms with Gasteiger partial charge in [0.2, 0.25) is 0 Å². The molecule has 4 aliphatic carbocycles. The molecule has 146 valence electrons. The van der Waals surface area contributed by atoms with E-state index in [-0.39, 0.29) is 34.6 Å². The monoisotopic (exact) mass is 360 g/mol. The molecule has 0 bridgehead atoms. The smallest absolute Gasteiger partial charge is 0.155 e. The molecule has 0 amide bonds. The molecular formula is C23H36O3. The molecule has 3 saturated carbocycles. The molecule has 3 nitrogen and oxygen atoms in total. The Kier molecular flexibility index (Phi) is 5.24. The molecule has 0 aliphatic heterocycles. The average Bonchev–Trinajstić information content (AvgIpc) is 2.93. The number of Topliss-reactive ketones (excluding diaryl/α,β-unsaturated/α-hetero) is 1. The number of aliphatic hydroxyl groups excluding tert-OH is 1. The maximum absolute atomic E-state index is 12.2. The first-order valence-corrected chi connectivity index (χ1v) is 10.7. The standard InChI is InChI=1S/C21H30O3.C2H6/c1-12(22)16-6-7-17-15-5-4-13-10-14(23)8-9-20(13,2)19(15)18(24)11-21(16,17)3;1-2/h10,15-19,24H,4-9,11H2,1-3H3;1-2H3. The lowest BCUT2D eigenvalue weighted by Crippen LogP contribution is -2.56. The van der Waals surface area contributed by atoms with Gasteiger partial charge < -0.3 is 5.11 Å². The Labute approximate surface area is 158 Å². The molecule has 0 aromatic heterocycles. The van der Waals surface area contributed by atoms with Crippen LogP contribution >= 0.6 is 0 Å². The van der Waals surface area contributed by atoms with Crippen molar-refractivity contribution in [2.45, 2.75) is 85.7 Å². The Morgan fingerprint density at radius 1 is 1.15 bits per heavy atom. The Morgan fingerprint density at radius 2 is 1.85 bits per heavy atom. The summed E-state index contributed by atoms with van der Waals surface area (Å²) < 4.78 is 0. The number of rotatable bonds is 1. The Morgan fingerprint density at radius 3 is 2.50 bits per heavy atom. The van der Waals surface area contributed by atoms with Crippen LogP contribution in [0.15, 0.2) is 11.6 Å². The molecule has 3 fully saturated rings. The fraction of sp³-hybridized carbons (Fsp3) is 0.826. The first-order chi connectivity index (χ1) is 12.3. The second kappa shape index (κ2) is 6.89. The van der Waals surface area contributed by atoms with Crippen LogP contribution in [-0.4, -0.2) is 22.8 Å². The second-order valence-corrected chi connectivity index (χ2v) is 9.41. The molecule has 0 aromatic rings. The van der Waals surface area contributed by atoms with E-state index in [4.69, 9.17) is 0 Å². The maximum atomic E-state index is 12.2. The largest absolute Gasteiger partial charge is 0.393 e.